The summed E-state index contributed by atoms with van der Waals surface area (Å²) in [6, 6.07) is 21.3. The van der Waals surface area contributed by atoms with Crippen molar-refractivity contribution in [2.24, 2.45) is 4.99 Å². The number of aliphatic imine (C=N–C) groups is 1. The van der Waals surface area contributed by atoms with Crippen molar-refractivity contribution in [3.8, 4) is 17.2 Å². The Hall–Kier alpha value is -4.69. The van der Waals surface area contributed by atoms with Crippen molar-refractivity contribution in [3.05, 3.63) is 89.0 Å². The van der Waals surface area contributed by atoms with Gasteiger partial charge in [-0.05, 0) is 48.0 Å². The highest BCUT2D eigenvalue weighted by molar-refractivity contribution is 14.1. The molecule has 0 bridgehead atoms. The summed E-state index contributed by atoms with van der Waals surface area (Å²) in [5.41, 5.74) is 5.24. The van der Waals surface area contributed by atoms with Gasteiger partial charge in [0.25, 0.3) is 5.91 Å². The molecule has 1 saturated heterocycles. The number of anilines is 1. The highest BCUT2D eigenvalue weighted by Gasteiger charge is 2.35. The fourth-order valence-electron chi connectivity index (χ4n) is 7.59. The number of alkyl halides is 1. The zero-order chi connectivity index (χ0) is 35.9. The molecule has 0 aliphatic carbocycles. The molecule has 11 nitrogen and oxygen atoms in total. The average Bonchev–Trinajstić information content (AvgIpc) is 3.44. The summed E-state index contributed by atoms with van der Waals surface area (Å²) in [5, 5.41) is 1.84. The van der Waals surface area contributed by atoms with E-state index in [1.165, 1.54) is 5.56 Å². The predicted octanol–water partition coefficient (Wildman–Crippen LogP) is 6.56. The molecule has 0 saturated carbocycles. The molecule has 3 amide bonds. The molecule has 4 heterocycles. The first-order chi connectivity index (χ1) is 25.3. The van der Waals surface area contributed by atoms with Crippen LogP contribution in [0.3, 0.4) is 0 Å². The fourth-order valence-corrected chi connectivity index (χ4v) is 8.63. The lowest BCUT2D eigenvalue weighted by Gasteiger charge is -2.34. The standard InChI is InChI=1S/C40H40IN5O6/c1-43-13-15-44(16-14-43)40(49)52-34-21-33-38(29-11-6-5-10-28(29)34)31(41)24-46(33)37(47)12-7-17-51-36-20-32-30(19-35(36)50-2)39(48)45-23-26-9-4-3-8-25(26)18-27(45)22-42-32/h3-6,8-11,19-22,27,31H,7,12-18,23-24H2,1-2H3/t27-,31+/m0/s1. The van der Waals surface area contributed by atoms with Crippen LogP contribution in [-0.2, 0) is 17.8 Å². The molecule has 268 valence electrons. The topological polar surface area (TPSA) is 104 Å². The van der Waals surface area contributed by atoms with Crippen LogP contribution in [0.4, 0.5) is 16.2 Å². The first-order valence-electron chi connectivity index (χ1n) is 17.7. The van der Waals surface area contributed by atoms with Gasteiger partial charge in [-0.1, -0.05) is 71.1 Å². The van der Waals surface area contributed by atoms with Crippen LogP contribution in [0.2, 0.25) is 0 Å². The van der Waals surface area contributed by atoms with Crippen LogP contribution < -0.4 is 19.1 Å². The molecular weight excluding hydrogens is 773 g/mol. The number of nitrogens with zero attached hydrogens (tertiary/aromatic N) is 5. The molecule has 4 aromatic rings. The predicted molar refractivity (Wildman–Crippen MR) is 208 cm³/mol. The number of benzene rings is 4. The third-order valence-electron chi connectivity index (χ3n) is 10.5. The van der Waals surface area contributed by atoms with Gasteiger partial charge in [0.2, 0.25) is 5.91 Å². The Morgan fingerprint density at radius 2 is 1.67 bits per heavy atom. The zero-order valence-corrected chi connectivity index (χ0v) is 31.4. The van der Waals surface area contributed by atoms with Crippen molar-refractivity contribution in [2.45, 2.75) is 35.8 Å². The van der Waals surface area contributed by atoms with Crippen LogP contribution in [0.5, 0.6) is 17.2 Å². The normalized spacial score (nSPS) is 19.4. The first kappa shape index (κ1) is 34.4. The minimum absolute atomic E-state index is 0.0302. The Bertz CT molecular complexity index is 2100. The molecule has 4 aliphatic rings. The Labute approximate surface area is 316 Å². The number of amides is 3. The summed E-state index contributed by atoms with van der Waals surface area (Å²) in [5.74, 6) is 1.25. The van der Waals surface area contributed by atoms with E-state index in [4.69, 9.17) is 19.2 Å². The number of carbonyl (C=O) groups is 3. The minimum atomic E-state index is -0.373. The van der Waals surface area contributed by atoms with E-state index in [1.807, 2.05) is 65.5 Å². The summed E-state index contributed by atoms with van der Waals surface area (Å²) < 4.78 is 17.9. The number of piperazine rings is 1. The summed E-state index contributed by atoms with van der Waals surface area (Å²) in [6.45, 7) is 4.13. The van der Waals surface area contributed by atoms with Crippen LogP contribution in [-0.4, -0.2) is 98.4 Å². The van der Waals surface area contributed by atoms with Gasteiger partial charge in [-0.25, -0.2) is 4.79 Å². The highest BCUT2D eigenvalue weighted by atomic mass is 127. The van der Waals surface area contributed by atoms with E-state index in [1.54, 1.807) is 24.1 Å². The second-order valence-electron chi connectivity index (χ2n) is 13.7. The molecule has 2 atom stereocenters. The molecule has 4 aromatic carbocycles. The van der Waals surface area contributed by atoms with E-state index in [-0.39, 0.29) is 40.9 Å². The lowest BCUT2D eigenvalue weighted by atomic mass is 9.94. The third-order valence-corrected chi connectivity index (χ3v) is 11.5. The van der Waals surface area contributed by atoms with Crippen molar-refractivity contribution in [1.82, 2.24) is 14.7 Å². The van der Waals surface area contributed by atoms with Gasteiger partial charge < -0.3 is 33.8 Å². The Balaban J connectivity index is 0.953. The lowest BCUT2D eigenvalue weighted by Crippen LogP contribution is -2.48. The maximum absolute atomic E-state index is 13.8. The summed E-state index contributed by atoms with van der Waals surface area (Å²) in [7, 11) is 3.59. The summed E-state index contributed by atoms with van der Waals surface area (Å²) >= 11 is 2.40. The van der Waals surface area contributed by atoms with Gasteiger partial charge in [-0.2, -0.15) is 0 Å². The van der Waals surface area contributed by atoms with Crippen molar-refractivity contribution < 1.29 is 28.6 Å². The maximum atomic E-state index is 13.8. The number of hydrogen-bond acceptors (Lipinski definition) is 8. The molecule has 0 radical (unpaired) electrons. The van der Waals surface area contributed by atoms with Gasteiger partial charge in [0.15, 0.2) is 11.5 Å². The average molecular weight is 814 g/mol. The van der Waals surface area contributed by atoms with Gasteiger partial charge >= 0.3 is 6.09 Å². The lowest BCUT2D eigenvalue weighted by molar-refractivity contribution is -0.118. The third kappa shape index (κ3) is 6.46. The molecule has 0 aromatic heterocycles. The fraction of sp³-hybridized carbons (Fsp3) is 0.350. The number of halogens is 1. The molecule has 4 aliphatic heterocycles. The largest absolute Gasteiger partial charge is 0.493 e. The monoisotopic (exact) mass is 813 g/mol. The second kappa shape index (κ2) is 14.4. The Kier molecular flexibility index (Phi) is 9.51. The number of fused-ring (bicyclic) bond motifs is 6. The van der Waals surface area contributed by atoms with E-state index >= 15 is 0 Å². The second-order valence-corrected chi connectivity index (χ2v) is 15.2. The SMILES string of the molecule is COc1cc2c(cc1OCCCC(=O)N1C[C@@H](I)c3c1cc(OC(=O)N1CCN(C)CC1)c1ccccc31)N=C[C@@H]1Cc3ccccc3CN1C2=O. The van der Waals surface area contributed by atoms with Crippen LogP contribution in [0.15, 0.2) is 71.7 Å². The molecule has 0 unspecified atom stereocenters. The van der Waals surface area contributed by atoms with Gasteiger partial charge in [0, 0.05) is 69.4 Å². The molecular formula is C40H40IN5O6. The number of ether oxygens (including phenoxy) is 3. The van der Waals surface area contributed by atoms with E-state index < -0.39 is 0 Å². The Morgan fingerprint density at radius 3 is 2.46 bits per heavy atom. The number of carbonyl (C=O) groups excluding carboxylic acids is 3. The molecule has 8 rings (SSSR count). The summed E-state index contributed by atoms with van der Waals surface area (Å²) in [4.78, 5) is 53.0. The quantitative estimate of drug-likeness (QED) is 0.118. The molecule has 12 heteroatoms. The number of rotatable bonds is 7. The van der Waals surface area contributed by atoms with Gasteiger partial charge in [-0.3, -0.25) is 14.6 Å². The minimum Gasteiger partial charge on any atom is -0.493 e. The molecule has 0 spiro atoms. The van der Waals surface area contributed by atoms with Crippen molar-refractivity contribution >= 4 is 68.9 Å². The number of hydrogen-bond donors (Lipinski definition) is 0. The van der Waals surface area contributed by atoms with Crippen molar-refractivity contribution in [2.75, 3.05) is 58.4 Å². The summed E-state index contributed by atoms with van der Waals surface area (Å²) in [6.07, 6.45) is 2.92. The molecule has 52 heavy (non-hydrogen) atoms. The van der Waals surface area contributed by atoms with Gasteiger partial charge in [0.1, 0.15) is 5.75 Å². The van der Waals surface area contributed by atoms with Crippen LogP contribution in [0.1, 0.15) is 43.8 Å². The van der Waals surface area contributed by atoms with E-state index in [9.17, 15) is 14.4 Å². The van der Waals surface area contributed by atoms with Gasteiger partial charge in [0.05, 0.1) is 40.6 Å². The van der Waals surface area contributed by atoms with Crippen LogP contribution >= 0.6 is 22.6 Å². The maximum Gasteiger partial charge on any atom is 0.415 e. The molecule has 1 fully saturated rings. The van der Waals surface area contributed by atoms with E-state index in [0.29, 0.717) is 67.5 Å². The van der Waals surface area contributed by atoms with Crippen LogP contribution in [0.25, 0.3) is 10.8 Å². The molecule has 0 N–H and O–H groups in total. The van der Waals surface area contributed by atoms with E-state index in [2.05, 4.69) is 39.6 Å². The first-order valence-corrected chi connectivity index (χ1v) is 19.0. The van der Waals surface area contributed by atoms with Gasteiger partial charge in [-0.15, -0.1) is 0 Å². The Morgan fingerprint density at radius 1 is 0.923 bits per heavy atom. The van der Waals surface area contributed by atoms with Crippen LogP contribution in [0, 0.1) is 0 Å². The number of likely N-dealkylation sites (N-methyl/N-ethyl adjacent to an activating group) is 1. The van der Waals surface area contributed by atoms with E-state index in [0.717, 1.165) is 40.7 Å². The van der Waals surface area contributed by atoms with Crippen molar-refractivity contribution in [3.63, 3.8) is 0 Å². The van der Waals surface area contributed by atoms with Crippen molar-refractivity contribution in [1.29, 1.82) is 0 Å². The highest BCUT2D eigenvalue weighted by Crippen LogP contribution is 2.48. The smallest absolute Gasteiger partial charge is 0.415 e. The number of methoxy groups -OCH3 is 1. The zero-order valence-electron chi connectivity index (χ0n) is 29.2.